The van der Waals surface area contributed by atoms with Crippen molar-refractivity contribution >= 4 is 24.5 Å². The molecule has 1 aromatic carbocycles. The lowest BCUT2D eigenvalue weighted by Gasteiger charge is -2.48. The zero-order valence-electron chi connectivity index (χ0n) is 11.3. The maximum atomic E-state index is 5.21. The van der Waals surface area contributed by atoms with Crippen LogP contribution in [-0.2, 0) is 0 Å². The number of thiol groups is 1. The van der Waals surface area contributed by atoms with Gasteiger partial charge in [-0.3, -0.25) is 0 Å². The predicted molar refractivity (Wildman–Crippen MR) is 80.2 cm³/mol. The molecule has 0 saturated heterocycles. The second-order valence-corrected chi connectivity index (χ2v) is 13.6. The first-order valence-corrected chi connectivity index (χ1v) is 9.17. The molecule has 2 heteroatoms. The van der Waals surface area contributed by atoms with Gasteiger partial charge in [0.25, 0.3) is 0 Å². The summed E-state index contributed by atoms with van der Waals surface area (Å²) >= 11 is 5.21. The first-order chi connectivity index (χ1) is 7.11. The third-order valence-electron chi connectivity index (χ3n) is 3.36. The van der Waals surface area contributed by atoms with Crippen molar-refractivity contribution in [1.29, 1.82) is 0 Å². The molecule has 0 aliphatic heterocycles. The monoisotopic (exact) mass is 252 g/mol. The second kappa shape index (κ2) is 4.23. The fraction of sp³-hybridized carbons (Fsp3) is 0.571. The second-order valence-electron chi connectivity index (χ2n) is 6.58. The van der Waals surface area contributed by atoms with Crippen LogP contribution >= 0.6 is 12.1 Å². The van der Waals surface area contributed by atoms with Gasteiger partial charge in [-0.15, -0.1) is 0 Å². The minimum absolute atomic E-state index is 0.246. The highest BCUT2D eigenvalue weighted by molar-refractivity contribution is 8.17. The number of rotatable bonds is 1. The zero-order valence-corrected chi connectivity index (χ0v) is 13.2. The number of hydrogen-bond acceptors (Lipinski definition) is 1. The summed E-state index contributed by atoms with van der Waals surface area (Å²) in [7, 11) is -1.83. The summed E-state index contributed by atoms with van der Waals surface area (Å²) in [5, 5.41) is 1.93. The summed E-state index contributed by atoms with van der Waals surface area (Å²) in [4.78, 5) is 0. The summed E-state index contributed by atoms with van der Waals surface area (Å²) < 4.78 is 0. The van der Waals surface area contributed by atoms with E-state index in [1.165, 1.54) is 5.19 Å². The number of benzene rings is 1. The van der Waals surface area contributed by atoms with E-state index in [1.807, 2.05) is 0 Å². The molecule has 0 radical (unpaired) electrons. The van der Waals surface area contributed by atoms with E-state index in [9.17, 15) is 0 Å². The van der Waals surface area contributed by atoms with E-state index in [1.54, 1.807) is 0 Å². The largest absolute Gasteiger partial charge is 0.195 e. The van der Waals surface area contributed by atoms with Crippen LogP contribution in [0.25, 0.3) is 0 Å². The third-order valence-corrected chi connectivity index (χ3v) is 13.7. The molecule has 16 heavy (non-hydrogen) atoms. The van der Waals surface area contributed by atoms with Gasteiger partial charge in [0.15, 0.2) is 7.22 Å². The van der Waals surface area contributed by atoms with Crippen molar-refractivity contribution < 1.29 is 0 Å². The Balaban J connectivity index is 3.39. The standard InChI is InChI=1S/C14H24SSi/c1-13(2,3)16(15,14(4,5)6)12-10-8-7-9-11-12/h7-11,15H,1-6H3. The lowest BCUT2D eigenvalue weighted by molar-refractivity contribution is 0.647. The van der Waals surface area contributed by atoms with Crippen LogP contribution in [0, 0.1) is 0 Å². The van der Waals surface area contributed by atoms with Gasteiger partial charge in [0.05, 0.1) is 0 Å². The van der Waals surface area contributed by atoms with Gasteiger partial charge in [-0.25, -0.2) is 0 Å². The van der Waals surface area contributed by atoms with Crippen molar-refractivity contribution in [3.63, 3.8) is 0 Å². The molecule has 0 aliphatic rings. The van der Waals surface area contributed by atoms with E-state index in [0.717, 1.165) is 0 Å². The van der Waals surface area contributed by atoms with Crippen molar-refractivity contribution in [2.45, 2.75) is 51.6 Å². The predicted octanol–water partition coefficient (Wildman–Crippen LogP) is 4.37. The van der Waals surface area contributed by atoms with Gasteiger partial charge in [0, 0.05) is 0 Å². The summed E-state index contributed by atoms with van der Waals surface area (Å²) in [5.41, 5.74) is 0. The van der Waals surface area contributed by atoms with Crippen LogP contribution in [0.4, 0.5) is 0 Å². The molecule has 0 fully saturated rings. The molecule has 0 aromatic heterocycles. The van der Waals surface area contributed by atoms with Crippen LogP contribution in [0.5, 0.6) is 0 Å². The molecular weight excluding hydrogens is 228 g/mol. The van der Waals surface area contributed by atoms with Crippen molar-refractivity contribution in [3.05, 3.63) is 30.3 Å². The van der Waals surface area contributed by atoms with E-state index >= 15 is 0 Å². The molecule has 0 atom stereocenters. The molecule has 1 aromatic rings. The lowest BCUT2D eigenvalue weighted by Crippen LogP contribution is -2.56. The molecule has 0 bridgehead atoms. The average Bonchev–Trinajstić information content (AvgIpc) is 2.14. The Labute approximate surface area is 107 Å². The SMILES string of the molecule is CC(C)(C)[Si](S)(c1ccccc1)C(C)(C)C. The Kier molecular flexibility index (Phi) is 3.66. The third kappa shape index (κ3) is 2.23. The Morgan fingerprint density at radius 3 is 1.50 bits per heavy atom. The van der Waals surface area contributed by atoms with Crippen LogP contribution in [-0.4, -0.2) is 7.22 Å². The van der Waals surface area contributed by atoms with Gasteiger partial charge in [0.1, 0.15) is 0 Å². The van der Waals surface area contributed by atoms with Gasteiger partial charge in [-0.1, -0.05) is 71.9 Å². The molecule has 0 unspecified atom stereocenters. The molecule has 0 N–H and O–H groups in total. The maximum Gasteiger partial charge on any atom is 0.154 e. The molecule has 0 amide bonds. The van der Waals surface area contributed by atoms with E-state index < -0.39 is 7.22 Å². The normalized spacial score (nSPS) is 13.9. The zero-order chi connectivity index (χ0) is 12.6. The Morgan fingerprint density at radius 2 is 1.19 bits per heavy atom. The first kappa shape index (κ1) is 13.9. The molecular formula is C14H24SSi. The van der Waals surface area contributed by atoms with Crippen LogP contribution in [0.15, 0.2) is 30.3 Å². The molecule has 0 saturated carbocycles. The van der Waals surface area contributed by atoms with Gasteiger partial charge >= 0.3 is 0 Å². The van der Waals surface area contributed by atoms with Gasteiger partial charge in [-0.2, -0.15) is 12.1 Å². The molecule has 0 nitrogen and oxygen atoms in total. The molecule has 0 aliphatic carbocycles. The highest BCUT2D eigenvalue weighted by Gasteiger charge is 2.51. The van der Waals surface area contributed by atoms with Crippen molar-refractivity contribution in [3.8, 4) is 0 Å². The summed E-state index contributed by atoms with van der Waals surface area (Å²) in [6.07, 6.45) is 0. The van der Waals surface area contributed by atoms with Crippen LogP contribution in [0.1, 0.15) is 41.5 Å². The Morgan fingerprint density at radius 1 is 0.812 bits per heavy atom. The van der Waals surface area contributed by atoms with Crippen LogP contribution in [0.2, 0.25) is 10.1 Å². The van der Waals surface area contributed by atoms with Crippen molar-refractivity contribution in [2.75, 3.05) is 0 Å². The quantitative estimate of drug-likeness (QED) is 0.557. The minimum atomic E-state index is -1.83. The van der Waals surface area contributed by atoms with E-state index in [4.69, 9.17) is 12.1 Å². The van der Waals surface area contributed by atoms with Crippen molar-refractivity contribution in [2.24, 2.45) is 0 Å². The van der Waals surface area contributed by atoms with Crippen LogP contribution in [0.3, 0.4) is 0 Å². The molecule has 90 valence electrons. The average molecular weight is 252 g/mol. The van der Waals surface area contributed by atoms with Gasteiger partial charge < -0.3 is 0 Å². The number of hydrogen-bond donors (Lipinski definition) is 1. The summed E-state index contributed by atoms with van der Waals surface area (Å²) in [6, 6.07) is 10.8. The van der Waals surface area contributed by atoms with E-state index in [0.29, 0.717) is 0 Å². The topological polar surface area (TPSA) is 0 Å². The minimum Gasteiger partial charge on any atom is -0.195 e. The first-order valence-electron chi connectivity index (χ1n) is 5.88. The van der Waals surface area contributed by atoms with Gasteiger partial charge in [-0.05, 0) is 15.3 Å². The van der Waals surface area contributed by atoms with E-state index in [-0.39, 0.29) is 10.1 Å². The molecule has 1 rings (SSSR count). The van der Waals surface area contributed by atoms with Crippen molar-refractivity contribution in [1.82, 2.24) is 0 Å². The summed E-state index contributed by atoms with van der Waals surface area (Å²) in [6.45, 7) is 13.9. The highest BCUT2D eigenvalue weighted by atomic mass is 32.3. The fourth-order valence-electron chi connectivity index (χ4n) is 2.67. The van der Waals surface area contributed by atoms with Gasteiger partial charge in [0.2, 0.25) is 0 Å². The maximum absolute atomic E-state index is 5.21. The Bertz CT molecular complexity index is 329. The smallest absolute Gasteiger partial charge is 0.154 e. The lowest BCUT2D eigenvalue weighted by atomic mass is 10.2. The van der Waals surface area contributed by atoms with E-state index in [2.05, 4.69) is 71.9 Å². The fourth-order valence-corrected chi connectivity index (χ4v) is 7.77. The highest BCUT2D eigenvalue weighted by Crippen LogP contribution is 2.52. The molecule has 0 spiro atoms. The molecule has 0 heterocycles. The van der Waals surface area contributed by atoms with Crippen LogP contribution < -0.4 is 5.19 Å². The summed E-state index contributed by atoms with van der Waals surface area (Å²) in [5.74, 6) is 0. The Hall–Kier alpha value is -0.213.